The summed E-state index contributed by atoms with van der Waals surface area (Å²) >= 11 is 0. The van der Waals surface area contributed by atoms with Crippen LogP contribution in [-0.2, 0) is 7.05 Å². The van der Waals surface area contributed by atoms with E-state index >= 15 is 0 Å². The van der Waals surface area contributed by atoms with Crippen molar-refractivity contribution < 1.29 is 0 Å². The number of rotatable bonds is 5. The molecular formula is C14H25N3. The molecular weight excluding hydrogens is 210 g/mol. The predicted octanol–water partition coefficient (Wildman–Crippen LogP) is 2.96. The largest absolute Gasteiger partial charge is 0.310 e. The molecule has 1 atom stereocenters. The Morgan fingerprint density at radius 3 is 2.71 bits per heavy atom. The molecule has 1 aromatic rings. The standard InChI is InChI=1S/C14H25N3/c1-4-9-15-14(12-7-5-6-8-12)13-10-16-17(3)11(13)2/h10,12,14-15H,4-9H2,1-3H3. The van der Waals surface area contributed by atoms with Crippen LogP contribution in [-0.4, -0.2) is 16.3 Å². The lowest BCUT2D eigenvalue weighted by Crippen LogP contribution is -2.28. The van der Waals surface area contributed by atoms with Gasteiger partial charge in [0, 0.05) is 24.3 Å². The highest BCUT2D eigenvalue weighted by atomic mass is 15.3. The maximum Gasteiger partial charge on any atom is 0.0540 e. The Kier molecular flexibility index (Phi) is 4.21. The van der Waals surface area contributed by atoms with E-state index in [1.807, 2.05) is 11.7 Å². The van der Waals surface area contributed by atoms with E-state index in [9.17, 15) is 0 Å². The van der Waals surface area contributed by atoms with Crippen LogP contribution in [0.1, 0.15) is 56.3 Å². The summed E-state index contributed by atoms with van der Waals surface area (Å²) < 4.78 is 1.99. The van der Waals surface area contributed by atoms with Crippen LogP contribution < -0.4 is 5.32 Å². The number of aromatic nitrogens is 2. The molecule has 3 heteroatoms. The zero-order chi connectivity index (χ0) is 12.3. The molecule has 1 aliphatic rings. The minimum atomic E-state index is 0.520. The summed E-state index contributed by atoms with van der Waals surface area (Å²) in [5.41, 5.74) is 2.72. The van der Waals surface area contributed by atoms with Gasteiger partial charge in [-0.05, 0) is 38.6 Å². The lowest BCUT2D eigenvalue weighted by molar-refractivity contribution is 0.366. The van der Waals surface area contributed by atoms with Gasteiger partial charge in [-0.25, -0.2) is 0 Å². The van der Waals surface area contributed by atoms with Crippen molar-refractivity contribution in [2.45, 2.75) is 52.0 Å². The number of hydrogen-bond acceptors (Lipinski definition) is 2. The Hall–Kier alpha value is -0.830. The van der Waals surface area contributed by atoms with Gasteiger partial charge < -0.3 is 5.32 Å². The van der Waals surface area contributed by atoms with E-state index in [1.54, 1.807) is 0 Å². The van der Waals surface area contributed by atoms with E-state index in [2.05, 4.69) is 30.5 Å². The molecule has 1 aromatic heterocycles. The number of aryl methyl sites for hydroxylation is 1. The molecule has 0 amide bonds. The van der Waals surface area contributed by atoms with Crippen molar-refractivity contribution in [2.75, 3.05) is 6.54 Å². The first-order valence-electron chi connectivity index (χ1n) is 6.96. The molecule has 0 bridgehead atoms. The maximum atomic E-state index is 4.39. The normalized spacial score (nSPS) is 18.8. The van der Waals surface area contributed by atoms with Gasteiger partial charge in [-0.2, -0.15) is 5.10 Å². The molecule has 1 N–H and O–H groups in total. The fourth-order valence-electron chi connectivity index (χ4n) is 2.94. The molecule has 1 heterocycles. The lowest BCUT2D eigenvalue weighted by atomic mass is 9.92. The van der Waals surface area contributed by atoms with Crippen LogP contribution in [0.3, 0.4) is 0 Å². The van der Waals surface area contributed by atoms with E-state index in [4.69, 9.17) is 0 Å². The number of hydrogen-bond donors (Lipinski definition) is 1. The van der Waals surface area contributed by atoms with Gasteiger partial charge in [-0.1, -0.05) is 19.8 Å². The third-order valence-corrected chi connectivity index (χ3v) is 4.09. The van der Waals surface area contributed by atoms with Crippen LogP contribution in [0.2, 0.25) is 0 Å². The van der Waals surface area contributed by atoms with Gasteiger partial charge >= 0.3 is 0 Å². The van der Waals surface area contributed by atoms with Crippen molar-refractivity contribution in [1.82, 2.24) is 15.1 Å². The van der Waals surface area contributed by atoms with Crippen LogP contribution in [0.25, 0.3) is 0 Å². The van der Waals surface area contributed by atoms with E-state index < -0.39 is 0 Å². The van der Waals surface area contributed by atoms with Crippen molar-refractivity contribution in [3.05, 3.63) is 17.5 Å². The molecule has 1 aliphatic carbocycles. The van der Waals surface area contributed by atoms with Crippen LogP contribution in [0.5, 0.6) is 0 Å². The highest BCUT2D eigenvalue weighted by Crippen LogP contribution is 2.36. The van der Waals surface area contributed by atoms with Gasteiger partial charge in [-0.3, -0.25) is 4.68 Å². The van der Waals surface area contributed by atoms with Crippen LogP contribution in [0.4, 0.5) is 0 Å². The van der Waals surface area contributed by atoms with Gasteiger partial charge in [0.15, 0.2) is 0 Å². The smallest absolute Gasteiger partial charge is 0.0540 e. The van der Waals surface area contributed by atoms with Crippen molar-refractivity contribution in [1.29, 1.82) is 0 Å². The summed E-state index contributed by atoms with van der Waals surface area (Å²) in [7, 11) is 2.03. The lowest BCUT2D eigenvalue weighted by Gasteiger charge is -2.24. The summed E-state index contributed by atoms with van der Waals surface area (Å²) in [6.07, 6.45) is 8.79. The second-order valence-corrected chi connectivity index (χ2v) is 5.29. The monoisotopic (exact) mass is 235 g/mol. The Labute approximate surface area is 105 Å². The Morgan fingerprint density at radius 2 is 2.18 bits per heavy atom. The fraction of sp³-hybridized carbons (Fsp3) is 0.786. The molecule has 1 fully saturated rings. The van der Waals surface area contributed by atoms with Crippen LogP contribution >= 0.6 is 0 Å². The molecule has 0 aliphatic heterocycles. The third kappa shape index (κ3) is 2.71. The number of nitrogens with one attached hydrogen (secondary N) is 1. The SMILES string of the molecule is CCCNC(c1cnn(C)c1C)C1CCCC1. The first-order chi connectivity index (χ1) is 8.24. The van der Waals surface area contributed by atoms with Crippen molar-refractivity contribution >= 4 is 0 Å². The van der Waals surface area contributed by atoms with Crippen LogP contribution in [0, 0.1) is 12.8 Å². The molecule has 17 heavy (non-hydrogen) atoms. The van der Waals surface area contributed by atoms with E-state index in [-0.39, 0.29) is 0 Å². The Balaban J connectivity index is 2.16. The molecule has 0 aromatic carbocycles. The first-order valence-corrected chi connectivity index (χ1v) is 6.96. The van der Waals surface area contributed by atoms with Gasteiger partial charge in [0.25, 0.3) is 0 Å². The quantitative estimate of drug-likeness (QED) is 0.850. The summed E-state index contributed by atoms with van der Waals surface area (Å²) in [5.74, 6) is 0.810. The van der Waals surface area contributed by atoms with E-state index in [0.717, 1.165) is 12.5 Å². The summed E-state index contributed by atoms with van der Waals surface area (Å²) in [6.45, 7) is 5.52. The molecule has 0 saturated heterocycles. The van der Waals surface area contributed by atoms with Gasteiger partial charge in [0.05, 0.1) is 6.20 Å². The molecule has 2 rings (SSSR count). The molecule has 1 saturated carbocycles. The molecule has 96 valence electrons. The number of nitrogens with zero attached hydrogens (tertiary/aromatic N) is 2. The molecule has 0 radical (unpaired) electrons. The average molecular weight is 235 g/mol. The second kappa shape index (κ2) is 5.67. The Morgan fingerprint density at radius 1 is 1.47 bits per heavy atom. The summed E-state index contributed by atoms with van der Waals surface area (Å²) in [5, 5.41) is 8.12. The zero-order valence-corrected chi connectivity index (χ0v) is 11.4. The van der Waals surface area contributed by atoms with Gasteiger partial charge in [0.2, 0.25) is 0 Å². The maximum absolute atomic E-state index is 4.39. The molecule has 1 unspecified atom stereocenters. The van der Waals surface area contributed by atoms with Crippen molar-refractivity contribution in [3.63, 3.8) is 0 Å². The zero-order valence-electron chi connectivity index (χ0n) is 11.4. The van der Waals surface area contributed by atoms with Crippen LogP contribution in [0.15, 0.2) is 6.20 Å². The van der Waals surface area contributed by atoms with E-state index in [1.165, 1.54) is 43.4 Å². The topological polar surface area (TPSA) is 29.9 Å². The third-order valence-electron chi connectivity index (χ3n) is 4.09. The predicted molar refractivity (Wildman–Crippen MR) is 70.9 cm³/mol. The average Bonchev–Trinajstić information content (AvgIpc) is 2.94. The highest BCUT2D eigenvalue weighted by molar-refractivity contribution is 5.21. The highest BCUT2D eigenvalue weighted by Gasteiger charge is 2.27. The van der Waals surface area contributed by atoms with E-state index in [0.29, 0.717) is 6.04 Å². The Bertz CT molecular complexity index is 350. The second-order valence-electron chi connectivity index (χ2n) is 5.29. The fourth-order valence-corrected chi connectivity index (χ4v) is 2.94. The first kappa shape index (κ1) is 12.6. The van der Waals surface area contributed by atoms with Gasteiger partial charge in [0.1, 0.15) is 0 Å². The molecule has 3 nitrogen and oxygen atoms in total. The summed E-state index contributed by atoms with van der Waals surface area (Å²) in [4.78, 5) is 0. The van der Waals surface area contributed by atoms with Crippen molar-refractivity contribution in [2.24, 2.45) is 13.0 Å². The van der Waals surface area contributed by atoms with Crippen molar-refractivity contribution in [3.8, 4) is 0 Å². The molecule has 0 spiro atoms. The summed E-state index contributed by atoms with van der Waals surface area (Å²) in [6, 6.07) is 0.520. The van der Waals surface area contributed by atoms with Gasteiger partial charge in [-0.15, -0.1) is 0 Å². The minimum Gasteiger partial charge on any atom is -0.310 e. The minimum absolute atomic E-state index is 0.520.